The average Bonchev–Trinajstić information content (AvgIpc) is 3.20. The number of nitrogens with two attached hydrogens (primary N) is 1. The summed E-state index contributed by atoms with van der Waals surface area (Å²) in [6, 6.07) is 37.7. The van der Waals surface area contributed by atoms with Crippen LogP contribution < -0.4 is 16.4 Å². The first-order valence-electron chi connectivity index (χ1n) is 17.8. The first-order chi connectivity index (χ1) is 26.2. The van der Waals surface area contributed by atoms with Gasteiger partial charge < -0.3 is 36.1 Å². The predicted molar refractivity (Wildman–Crippen MR) is 210 cm³/mol. The number of ether oxygens (including phenoxy) is 2. The van der Waals surface area contributed by atoms with Crippen molar-refractivity contribution < 1.29 is 34.1 Å². The van der Waals surface area contributed by atoms with Gasteiger partial charge in [-0.25, -0.2) is 4.79 Å². The van der Waals surface area contributed by atoms with Gasteiger partial charge in [0.2, 0.25) is 11.8 Å². The normalized spacial score (nSPS) is 16.7. The topological polar surface area (TPSA) is 160 Å². The predicted octanol–water partition coefficient (Wildman–Crippen LogP) is 7.89. The van der Waals surface area contributed by atoms with Crippen molar-refractivity contribution in [2.75, 3.05) is 16.8 Å². The second-order valence-corrected chi connectivity index (χ2v) is 14.2. The van der Waals surface area contributed by atoms with Gasteiger partial charge in [0, 0.05) is 42.0 Å². The Labute approximate surface area is 318 Å². The molecular weight excluding hydrogens is 703 g/mol. The Morgan fingerprint density at radius 3 is 2.22 bits per heavy atom. The Morgan fingerprint density at radius 1 is 0.759 bits per heavy atom. The molecule has 1 fully saturated rings. The first-order valence-corrected chi connectivity index (χ1v) is 18.8. The molecule has 278 valence electrons. The molecule has 2 amide bonds. The monoisotopic (exact) mass is 745 g/mol. The summed E-state index contributed by atoms with van der Waals surface area (Å²) in [5, 5.41) is 24.6. The molecule has 5 aromatic carbocycles. The van der Waals surface area contributed by atoms with Crippen LogP contribution in [0.4, 0.5) is 11.4 Å². The van der Waals surface area contributed by atoms with Gasteiger partial charge in [-0.1, -0.05) is 72.8 Å². The number of nitrogen functional groups attached to an aromatic ring is 1. The number of thioether (sulfide) groups is 1. The Kier molecular flexibility index (Phi) is 13.1. The molecule has 5 aromatic rings. The molecule has 0 aliphatic carbocycles. The molecule has 3 atom stereocenters. The quantitative estimate of drug-likeness (QED) is 0.0531. The number of aliphatic hydroxyl groups excluding tert-OH is 1. The van der Waals surface area contributed by atoms with E-state index in [2.05, 4.69) is 16.7 Å². The number of para-hydroxylation sites is 2. The van der Waals surface area contributed by atoms with Gasteiger partial charge in [0.25, 0.3) is 0 Å². The third-order valence-corrected chi connectivity index (χ3v) is 10.2. The minimum Gasteiger partial charge on any atom is -0.478 e. The molecule has 0 unspecified atom stereocenters. The molecule has 0 aromatic heterocycles. The van der Waals surface area contributed by atoms with Crippen molar-refractivity contribution in [3.8, 4) is 11.1 Å². The summed E-state index contributed by atoms with van der Waals surface area (Å²) < 4.78 is 13.1. The highest BCUT2D eigenvalue weighted by atomic mass is 32.2. The molecule has 6 N–H and O–H groups in total. The highest BCUT2D eigenvalue weighted by Gasteiger charge is 2.32. The number of carbonyl (C=O) groups excluding carboxylic acids is 2. The standard InChI is InChI=1S/C43H43N3O7S/c44-37-10-1-2-11-38(37)46-41(49)13-5-12-40(48)45-25-29-6-3-7-32(22-29)33-8-4-9-34(23-33)43-52-35(27-54-36-20-18-31(19-21-36)42(50)51)24-39(53-43)30-16-14-28(26-47)15-17-30/h1-4,6-11,14-23,35,39,43,47H,5,12-13,24-27,44H2,(H,45,48)(H,46,49)(H,50,51)/t35-,39+,43+/m0/s1. The summed E-state index contributed by atoms with van der Waals surface area (Å²) in [4.78, 5) is 37.2. The van der Waals surface area contributed by atoms with E-state index in [-0.39, 0.29) is 49.0 Å². The molecule has 1 aliphatic heterocycles. The maximum absolute atomic E-state index is 12.6. The van der Waals surface area contributed by atoms with Crippen LogP contribution in [0.1, 0.15) is 70.7 Å². The summed E-state index contributed by atoms with van der Waals surface area (Å²) in [5.41, 5.74) is 12.8. The fraction of sp³-hybridized carbons (Fsp3) is 0.233. The number of aliphatic hydroxyl groups is 1. The van der Waals surface area contributed by atoms with E-state index in [9.17, 15) is 24.6 Å². The Morgan fingerprint density at radius 2 is 1.48 bits per heavy atom. The molecule has 0 radical (unpaired) electrons. The molecule has 1 heterocycles. The van der Waals surface area contributed by atoms with Gasteiger partial charge in [0.1, 0.15) is 0 Å². The van der Waals surface area contributed by atoms with Crippen LogP contribution >= 0.6 is 11.8 Å². The largest absolute Gasteiger partial charge is 0.478 e. The number of hydrogen-bond acceptors (Lipinski definition) is 8. The Balaban J connectivity index is 1.08. The smallest absolute Gasteiger partial charge is 0.335 e. The van der Waals surface area contributed by atoms with Gasteiger partial charge in [-0.15, -0.1) is 11.8 Å². The summed E-state index contributed by atoms with van der Waals surface area (Å²) >= 11 is 1.60. The molecule has 0 spiro atoms. The Hall–Kier alpha value is -5.46. The highest BCUT2D eigenvalue weighted by Crippen LogP contribution is 2.40. The number of benzene rings is 5. The van der Waals surface area contributed by atoms with Crippen LogP contribution in [0, 0.1) is 0 Å². The van der Waals surface area contributed by atoms with Crippen LogP contribution in [0.2, 0.25) is 0 Å². The Bertz CT molecular complexity index is 2060. The summed E-state index contributed by atoms with van der Waals surface area (Å²) in [5.74, 6) is -0.641. The van der Waals surface area contributed by atoms with Crippen LogP contribution in [0.3, 0.4) is 0 Å². The van der Waals surface area contributed by atoms with Crippen molar-refractivity contribution in [2.45, 2.75) is 62.2 Å². The summed E-state index contributed by atoms with van der Waals surface area (Å²) in [6.45, 7) is 0.313. The number of carboxylic acid groups (broad SMARTS) is 1. The zero-order chi connectivity index (χ0) is 37.9. The number of carboxylic acids is 1. The van der Waals surface area contributed by atoms with Crippen LogP contribution in [0.15, 0.2) is 126 Å². The third kappa shape index (κ3) is 10.6. The van der Waals surface area contributed by atoms with Crippen LogP contribution in [-0.4, -0.2) is 39.9 Å². The molecular formula is C43H43N3O7S. The van der Waals surface area contributed by atoms with Crippen molar-refractivity contribution in [1.82, 2.24) is 5.32 Å². The fourth-order valence-electron chi connectivity index (χ4n) is 6.15. The van der Waals surface area contributed by atoms with Gasteiger partial charge >= 0.3 is 5.97 Å². The van der Waals surface area contributed by atoms with Crippen LogP contribution in [0.25, 0.3) is 11.1 Å². The van der Waals surface area contributed by atoms with Crippen LogP contribution in [-0.2, 0) is 32.2 Å². The average molecular weight is 746 g/mol. The molecule has 10 nitrogen and oxygen atoms in total. The lowest BCUT2D eigenvalue weighted by Crippen LogP contribution is -2.31. The number of nitrogens with one attached hydrogen (secondary N) is 2. The van der Waals surface area contributed by atoms with E-state index in [4.69, 9.17) is 15.2 Å². The van der Waals surface area contributed by atoms with Crippen molar-refractivity contribution in [2.24, 2.45) is 0 Å². The number of carbonyl (C=O) groups is 3. The maximum Gasteiger partial charge on any atom is 0.335 e. The summed E-state index contributed by atoms with van der Waals surface area (Å²) in [7, 11) is 0. The van der Waals surface area contributed by atoms with E-state index >= 15 is 0 Å². The van der Waals surface area contributed by atoms with Gasteiger partial charge in [-0.3, -0.25) is 9.59 Å². The number of aromatic carboxylic acids is 1. The SMILES string of the molecule is Nc1ccccc1NC(=O)CCCC(=O)NCc1cccc(-c2cccc([C@@H]3O[C@H](CSc4ccc(C(=O)O)cc4)C[C@H](c4ccc(CO)cc4)O3)c2)c1. The van der Waals surface area contributed by atoms with E-state index in [0.717, 1.165) is 38.3 Å². The molecule has 6 rings (SSSR count). The van der Waals surface area contributed by atoms with Crippen LogP contribution in [0.5, 0.6) is 0 Å². The van der Waals surface area contributed by atoms with Gasteiger partial charge in [0.05, 0.1) is 35.8 Å². The second-order valence-electron chi connectivity index (χ2n) is 13.1. The first kappa shape index (κ1) is 38.3. The minimum absolute atomic E-state index is 0.0377. The van der Waals surface area contributed by atoms with E-state index in [1.165, 1.54) is 0 Å². The van der Waals surface area contributed by atoms with Gasteiger partial charge in [0.15, 0.2) is 6.29 Å². The van der Waals surface area contributed by atoms with E-state index in [1.54, 1.807) is 48.2 Å². The fourth-order valence-corrected chi connectivity index (χ4v) is 7.07. The lowest BCUT2D eigenvalue weighted by Gasteiger charge is -2.36. The lowest BCUT2D eigenvalue weighted by atomic mass is 9.99. The number of rotatable bonds is 15. The molecule has 1 aliphatic rings. The molecule has 1 saturated heterocycles. The van der Waals surface area contributed by atoms with Crippen molar-refractivity contribution in [3.63, 3.8) is 0 Å². The molecule has 0 saturated carbocycles. The highest BCUT2D eigenvalue weighted by molar-refractivity contribution is 7.99. The molecule has 54 heavy (non-hydrogen) atoms. The van der Waals surface area contributed by atoms with Crippen molar-refractivity contribution in [1.29, 1.82) is 0 Å². The molecule has 11 heteroatoms. The number of amides is 2. The zero-order valence-electron chi connectivity index (χ0n) is 29.7. The number of hydrogen-bond donors (Lipinski definition) is 5. The number of anilines is 2. The maximum atomic E-state index is 12.6. The molecule has 0 bridgehead atoms. The van der Waals surface area contributed by atoms with Gasteiger partial charge in [-0.2, -0.15) is 0 Å². The minimum atomic E-state index is -0.959. The van der Waals surface area contributed by atoms with Crippen molar-refractivity contribution in [3.05, 3.63) is 149 Å². The van der Waals surface area contributed by atoms with E-state index in [1.807, 2.05) is 78.9 Å². The van der Waals surface area contributed by atoms with E-state index in [0.29, 0.717) is 36.5 Å². The summed E-state index contributed by atoms with van der Waals surface area (Å²) in [6.07, 6.45) is 0.419. The second kappa shape index (κ2) is 18.5. The zero-order valence-corrected chi connectivity index (χ0v) is 30.5. The van der Waals surface area contributed by atoms with Gasteiger partial charge in [-0.05, 0) is 82.8 Å². The van der Waals surface area contributed by atoms with E-state index < -0.39 is 12.3 Å². The third-order valence-electron chi connectivity index (χ3n) is 9.10. The van der Waals surface area contributed by atoms with Crippen molar-refractivity contribution >= 4 is 40.9 Å². The lowest BCUT2D eigenvalue weighted by molar-refractivity contribution is -0.245.